The Hall–Kier alpha value is -2.47. The maximum Gasteiger partial charge on any atom is 0.363 e. The van der Waals surface area contributed by atoms with Crippen LogP contribution in [0.1, 0.15) is 12.5 Å². The molecule has 1 aliphatic rings. The highest BCUT2D eigenvalue weighted by molar-refractivity contribution is 6.34. The minimum atomic E-state index is -0.590. The molecule has 6 nitrogen and oxygen atoms in total. The molecule has 0 saturated carbocycles. The van der Waals surface area contributed by atoms with Gasteiger partial charge in [0.25, 0.3) is 5.69 Å². The number of carbonyl (C=O) groups is 1. The molecule has 1 aliphatic heterocycles. The van der Waals surface area contributed by atoms with Crippen LogP contribution in [0.4, 0.5) is 5.69 Å². The van der Waals surface area contributed by atoms with Crippen LogP contribution in [0.15, 0.2) is 47.1 Å². The van der Waals surface area contributed by atoms with E-state index in [1.165, 1.54) is 24.3 Å². The first-order valence-electron chi connectivity index (χ1n) is 5.61. The number of cyclic esters (lactones) is 1. The average molecular weight is 293 g/mol. The molecule has 0 aliphatic carbocycles. The van der Waals surface area contributed by atoms with Gasteiger partial charge in [-0.3, -0.25) is 10.1 Å². The molecule has 1 heterocycles. The largest absolute Gasteiger partial charge is 0.402 e. The predicted molar refractivity (Wildman–Crippen MR) is 73.6 cm³/mol. The van der Waals surface area contributed by atoms with Crippen molar-refractivity contribution in [3.8, 4) is 0 Å². The third kappa shape index (κ3) is 2.75. The molecule has 0 unspecified atom stereocenters. The lowest BCUT2D eigenvalue weighted by atomic mass is 10.2. The fraction of sp³-hybridized carbons (Fsp3) is 0.0769. The number of hydrogen-bond donors (Lipinski definition) is 0. The van der Waals surface area contributed by atoms with Gasteiger partial charge in [-0.25, -0.2) is 9.79 Å². The molecule has 0 aromatic heterocycles. The second-order valence-electron chi connectivity index (χ2n) is 3.81. The number of halogens is 1. The minimum absolute atomic E-state index is 0.0330. The molecule has 1 aromatic rings. The third-order valence-electron chi connectivity index (χ3n) is 2.46. The zero-order chi connectivity index (χ0) is 14.7. The summed E-state index contributed by atoms with van der Waals surface area (Å²) >= 11 is 5.94. The van der Waals surface area contributed by atoms with E-state index in [1.807, 2.05) is 0 Å². The van der Waals surface area contributed by atoms with Crippen LogP contribution in [0.25, 0.3) is 0 Å². The normalized spacial score (nSPS) is 16.6. The molecule has 7 heteroatoms. The molecule has 0 N–H and O–H groups in total. The molecule has 0 atom stereocenters. The van der Waals surface area contributed by atoms with Crippen molar-refractivity contribution in [1.29, 1.82) is 0 Å². The van der Waals surface area contributed by atoms with Gasteiger partial charge >= 0.3 is 5.97 Å². The standard InChI is InChI=1S/C13H9ClN2O4/c1-2-3-4-11-13(17)20-12(15-11)9-6-5-8(16(18)19)7-10(9)14/h2-7H,1H3/b3-2+,11-4-. The smallest absolute Gasteiger partial charge is 0.363 e. The summed E-state index contributed by atoms with van der Waals surface area (Å²) in [5, 5.41) is 10.7. The second-order valence-corrected chi connectivity index (χ2v) is 4.21. The maximum absolute atomic E-state index is 11.6. The van der Waals surface area contributed by atoms with Crippen molar-refractivity contribution in [2.24, 2.45) is 4.99 Å². The monoisotopic (exact) mass is 292 g/mol. The van der Waals surface area contributed by atoms with E-state index in [2.05, 4.69) is 4.99 Å². The van der Waals surface area contributed by atoms with E-state index in [1.54, 1.807) is 19.1 Å². The molecule has 1 aromatic carbocycles. The van der Waals surface area contributed by atoms with E-state index in [4.69, 9.17) is 16.3 Å². The van der Waals surface area contributed by atoms with Crippen molar-refractivity contribution in [3.63, 3.8) is 0 Å². The van der Waals surface area contributed by atoms with E-state index in [0.29, 0.717) is 5.56 Å². The second kappa shape index (κ2) is 5.66. The number of rotatable bonds is 3. The number of aliphatic imine (C=N–C) groups is 1. The minimum Gasteiger partial charge on any atom is -0.402 e. The SMILES string of the molecule is C/C=C/C=C1\N=C(c2ccc([N+](=O)[O-])cc2Cl)OC1=O. The van der Waals surface area contributed by atoms with Gasteiger partial charge in [0.15, 0.2) is 5.70 Å². The van der Waals surface area contributed by atoms with Crippen LogP contribution >= 0.6 is 11.6 Å². The molecule has 0 amide bonds. The van der Waals surface area contributed by atoms with E-state index >= 15 is 0 Å². The summed E-state index contributed by atoms with van der Waals surface area (Å²) in [6.45, 7) is 1.80. The number of allylic oxidation sites excluding steroid dienone is 3. The van der Waals surface area contributed by atoms with Crippen LogP contribution in [-0.4, -0.2) is 16.8 Å². The molecular formula is C13H9ClN2O4. The van der Waals surface area contributed by atoms with Gasteiger partial charge in [0, 0.05) is 12.1 Å². The van der Waals surface area contributed by atoms with E-state index in [9.17, 15) is 14.9 Å². The van der Waals surface area contributed by atoms with Crippen LogP contribution in [0.5, 0.6) is 0 Å². The number of ether oxygens (including phenoxy) is 1. The highest BCUT2D eigenvalue weighted by Crippen LogP contribution is 2.26. The van der Waals surface area contributed by atoms with Crippen molar-refractivity contribution in [2.75, 3.05) is 0 Å². The van der Waals surface area contributed by atoms with Gasteiger partial charge in [0.2, 0.25) is 5.90 Å². The van der Waals surface area contributed by atoms with Crippen molar-refractivity contribution >= 4 is 29.2 Å². The number of benzene rings is 1. The van der Waals surface area contributed by atoms with Gasteiger partial charge in [-0.15, -0.1) is 0 Å². The molecule has 0 fully saturated rings. The zero-order valence-electron chi connectivity index (χ0n) is 10.4. The summed E-state index contributed by atoms with van der Waals surface area (Å²) in [6.07, 6.45) is 4.90. The summed E-state index contributed by atoms with van der Waals surface area (Å²) in [6, 6.07) is 3.84. The van der Waals surface area contributed by atoms with Crippen molar-refractivity contribution in [3.05, 3.63) is 62.8 Å². The van der Waals surface area contributed by atoms with Crippen LogP contribution in [0.3, 0.4) is 0 Å². The van der Waals surface area contributed by atoms with Crippen LogP contribution in [0, 0.1) is 10.1 Å². The van der Waals surface area contributed by atoms with Crippen molar-refractivity contribution in [1.82, 2.24) is 0 Å². The highest BCUT2D eigenvalue weighted by atomic mass is 35.5. The molecule has 0 spiro atoms. The first kappa shape index (κ1) is 14.0. The molecule has 0 radical (unpaired) electrons. The number of hydrogen-bond acceptors (Lipinski definition) is 5. The summed E-state index contributed by atoms with van der Waals surface area (Å²) in [5.74, 6) is -0.557. The Morgan fingerprint density at radius 2 is 2.20 bits per heavy atom. The zero-order valence-corrected chi connectivity index (χ0v) is 11.1. The van der Waals surface area contributed by atoms with Gasteiger partial charge in [-0.05, 0) is 19.1 Å². The van der Waals surface area contributed by atoms with Gasteiger partial charge in [-0.2, -0.15) is 0 Å². The number of carbonyl (C=O) groups excluding carboxylic acids is 1. The van der Waals surface area contributed by atoms with Crippen LogP contribution < -0.4 is 0 Å². The lowest BCUT2D eigenvalue weighted by Crippen LogP contribution is -2.06. The Morgan fingerprint density at radius 1 is 1.45 bits per heavy atom. The lowest BCUT2D eigenvalue weighted by Gasteiger charge is -2.02. The summed E-state index contributed by atoms with van der Waals surface area (Å²) < 4.78 is 4.99. The van der Waals surface area contributed by atoms with Crippen LogP contribution in [0.2, 0.25) is 5.02 Å². The predicted octanol–water partition coefficient (Wildman–Crippen LogP) is 3.01. The number of nitro groups is 1. The number of non-ortho nitro benzene ring substituents is 1. The van der Waals surface area contributed by atoms with Gasteiger partial charge in [0.05, 0.1) is 15.5 Å². The van der Waals surface area contributed by atoms with Gasteiger partial charge < -0.3 is 4.74 Å². The van der Waals surface area contributed by atoms with E-state index in [-0.39, 0.29) is 22.3 Å². The Kier molecular flexibility index (Phi) is 3.95. The molecule has 0 saturated heterocycles. The Bertz CT molecular complexity index is 677. The average Bonchev–Trinajstić information content (AvgIpc) is 2.77. The quantitative estimate of drug-likeness (QED) is 0.371. The number of esters is 1. The molecular weight excluding hydrogens is 284 g/mol. The Labute approximate surface area is 119 Å². The van der Waals surface area contributed by atoms with E-state index < -0.39 is 10.9 Å². The highest BCUT2D eigenvalue weighted by Gasteiger charge is 2.25. The molecule has 0 bridgehead atoms. The molecule has 2 rings (SSSR count). The van der Waals surface area contributed by atoms with Crippen molar-refractivity contribution in [2.45, 2.75) is 6.92 Å². The summed E-state index contributed by atoms with van der Waals surface area (Å²) in [7, 11) is 0. The van der Waals surface area contributed by atoms with E-state index in [0.717, 1.165) is 0 Å². The fourth-order valence-corrected chi connectivity index (χ4v) is 1.77. The van der Waals surface area contributed by atoms with Gasteiger partial charge in [0.1, 0.15) is 0 Å². The summed E-state index contributed by atoms with van der Waals surface area (Å²) in [5.41, 5.74) is 0.329. The third-order valence-corrected chi connectivity index (χ3v) is 2.77. The maximum atomic E-state index is 11.6. The summed E-state index contributed by atoms with van der Waals surface area (Å²) in [4.78, 5) is 25.6. The van der Waals surface area contributed by atoms with Crippen LogP contribution in [-0.2, 0) is 9.53 Å². The Morgan fingerprint density at radius 3 is 2.80 bits per heavy atom. The van der Waals surface area contributed by atoms with Gasteiger partial charge in [-0.1, -0.05) is 23.8 Å². The topological polar surface area (TPSA) is 81.8 Å². The first-order valence-corrected chi connectivity index (χ1v) is 5.99. The lowest BCUT2D eigenvalue weighted by molar-refractivity contribution is -0.384. The fourth-order valence-electron chi connectivity index (χ4n) is 1.52. The van der Waals surface area contributed by atoms with Crippen molar-refractivity contribution < 1.29 is 14.5 Å². The molecule has 20 heavy (non-hydrogen) atoms. The Balaban J connectivity index is 2.38. The molecule has 102 valence electrons. The number of nitro benzene ring substituents is 1. The number of nitrogens with zero attached hydrogens (tertiary/aromatic N) is 2. The first-order chi connectivity index (χ1) is 9.52.